The predicted molar refractivity (Wildman–Crippen MR) is 57.3 cm³/mol. The first-order valence-electron chi connectivity index (χ1n) is 4.39. The summed E-state index contributed by atoms with van der Waals surface area (Å²) in [6.07, 6.45) is 0.506. The van der Waals surface area contributed by atoms with E-state index in [1.807, 2.05) is 24.3 Å². The highest BCUT2D eigenvalue weighted by Crippen LogP contribution is 2.18. The normalized spacial score (nSPS) is 20.4. The standard InChI is InChI=1S/C10H10BrNO2/c11-8-3-1-7(2-4-8)10-5-9(6-13)14-12-10/h1-4,9,13H,5-6H2/t9-/m1/s1. The average molecular weight is 256 g/mol. The summed E-state index contributed by atoms with van der Waals surface area (Å²) < 4.78 is 1.04. The second kappa shape index (κ2) is 4.11. The highest BCUT2D eigenvalue weighted by molar-refractivity contribution is 9.10. The van der Waals surface area contributed by atoms with Gasteiger partial charge < -0.3 is 9.94 Å². The van der Waals surface area contributed by atoms with Crippen molar-refractivity contribution in [3.05, 3.63) is 34.3 Å². The molecule has 0 unspecified atom stereocenters. The van der Waals surface area contributed by atoms with Crippen LogP contribution in [-0.4, -0.2) is 23.5 Å². The van der Waals surface area contributed by atoms with Crippen LogP contribution in [0.3, 0.4) is 0 Å². The summed E-state index contributed by atoms with van der Waals surface area (Å²) in [5, 5.41) is 12.8. The quantitative estimate of drug-likeness (QED) is 0.878. The van der Waals surface area contributed by atoms with Crippen LogP contribution in [0.4, 0.5) is 0 Å². The SMILES string of the molecule is OC[C@H]1CC(c2ccc(Br)cc2)=NO1. The van der Waals surface area contributed by atoms with Gasteiger partial charge in [-0.25, -0.2) is 0 Å². The highest BCUT2D eigenvalue weighted by atomic mass is 79.9. The molecular weight excluding hydrogens is 246 g/mol. The lowest BCUT2D eigenvalue weighted by Gasteiger charge is -2.01. The van der Waals surface area contributed by atoms with Gasteiger partial charge in [-0.3, -0.25) is 0 Å². The first-order valence-corrected chi connectivity index (χ1v) is 5.18. The molecule has 1 aliphatic rings. The molecule has 0 aromatic heterocycles. The van der Waals surface area contributed by atoms with Crippen molar-refractivity contribution in [1.29, 1.82) is 0 Å². The Kier molecular flexibility index (Phi) is 2.84. The first-order chi connectivity index (χ1) is 6.79. The van der Waals surface area contributed by atoms with E-state index < -0.39 is 0 Å². The minimum atomic E-state index is -0.173. The molecule has 0 saturated carbocycles. The largest absolute Gasteiger partial charge is 0.392 e. The lowest BCUT2D eigenvalue weighted by molar-refractivity contribution is 0.0390. The monoisotopic (exact) mass is 255 g/mol. The summed E-state index contributed by atoms with van der Waals surface area (Å²) in [5.41, 5.74) is 1.95. The molecule has 1 N–H and O–H groups in total. The molecule has 0 bridgehead atoms. The van der Waals surface area contributed by atoms with Gasteiger partial charge in [-0.1, -0.05) is 33.2 Å². The molecule has 1 aromatic carbocycles. The summed E-state index contributed by atoms with van der Waals surface area (Å²) in [7, 11) is 0. The third kappa shape index (κ3) is 1.96. The summed E-state index contributed by atoms with van der Waals surface area (Å²) in [6.45, 7) is 0.0174. The maximum atomic E-state index is 8.87. The fourth-order valence-corrected chi connectivity index (χ4v) is 1.60. The zero-order chi connectivity index (χ0) is 9.97. The van der Waals surface area contributed by atoms with Crippen LogP contribution in [0.2, 0.25) is 0 Å². The Morgan fingerprint density at radius 1 is 1.43 bits per heavy atom. The van der Waals surface area contributed by atoms with E-state index in [0.29, 0.717) is 6.42 Å². The third-order valence-corrected chi connectivity index (χ3v) is 2.64. The van der Waals surface area contributed by atoms with Crippen LogP contribution in [0, 0.1) is 0 Å². The average Bonchev–Trinajstić information content (AvgIpc) is 2.67. The van der Waals surface area contributed by atoms with E-state index in [-0.39, 0.29) is 12.7 Å². The Bertz CT molecular complexity index is 348. The molecule has 4 heteroatoms. The predicted octanol–water partition coefficient (Wildman–Crippen LogP) is 1.93. The molecule has 1 heterocycles. The molecule has 1 aromatic rings. The van der Waals surface area contributed by atoms with Gasteiger partial charge >= 0.3 is 0 Å². The van der Waals surface area contributed by atoms with Crippen molar-refractivity contribution >= 4 is 21.6 Å². The Hall–Kier alpha value is -0.870. The number of hydrogen-bond acceptors (Lipinski definition) is 3. The number of halogens is 1. The molecule has 3 nitrogen and oxygen atoms in total. The molecule has 2 rings (SSSR count). The number of aliphatic hydroxyl groups excluding tert-OH is 1. The summed E-state index contributed by atoms with van der Waals surface area (Å²) in [4.78, 5) is 5.03. The van der Waals surface area contributed by atoms with E-state index in [0.717, 1.165) is 15.7 Å². The lowest BCUT2D eigenvalue weighted by atomic mass is 10.1. The maximum Gasteiger partial charge on any atom is 0.156 e. The van der Waals surface area contributed by atoms with E-state index in [1.165, 1.54) is 0 Å². The van der Waals surface area contributed by atoms with Crippen molar-refractivity contribution in [2.75, 3.05) is 6.61 Å². The van der Waals surface area contributed by atoms with Crippen LogP contribution in [0.1, 0.15) is 12.0 Å². The Morgan fingerprint density at radius 2 is 2.14 bits per heavy atom. The Labute approximate surface area is 90.5 Å². The van der Waals surface area contributed by atoms with Crippen molar-refractivity contribution < 1.29 is 9.94 Å². The van der Waals surface area contributed by atoms with Crippen LogP contribution in [-0.2, 0) is 4.84 Å². The molecule has 0 spiro atoms. The molecular formula is C10H10BrNO2. The van der Waals surface area contributed by atoms with E-state index in [1.54, 1.807) is 0 Å². The number of oxime groups is 1. The Morgan fingerprint density at radius 3 is 2.71 bits per heavy atom. The molecule has 0 radical (unpaired) electrons. The minimum absolute atomic E-state index is 0.0174. The summed E-state index contributed by atoms with van der Waals surface area (Å²) in [5.74, 6) is 0. The van der Waals surface area contributed by atoms with Crippen molar-refractivity contribution in [2.45, 2.75) is 12.5 Å². The van der Waals surface area contributed by atoms with Crippen LogP contribution in [0.25, 0.3) is 0 Å². The van der Waals surface area contributed by atoms with Gasteiger partial charge in [-0.05, 0) is 17.7 Å². The van der Waals surface area contributed by atoms with Crippen LogP contribution in [0.5, 0.6) is 0 Å². The third-order valence-electron chi connectivity index (χ3n) is 2.11. The van der Waals surface area contributed by atoms with Crippen molar-refractivity contribution in [2.24, 2.45) is 5.16 Å². The molecule has 1 atom stereocenters. The second-order valence-corrected chi connectivity index (χ2v) is 4.07. The van der Waals surface area contributed by atoms with Crippen molar-refractivity contribution in [1.82, 2.24) is 0 Å². The van der Waals surface area contributed by atoms with E-state index in [4.69, 9.17) is 9.94 Å². The van der Waals surface area contributed by atoms with Gasteiger partial charge in [0.2, 0.25) is 0 Å². The fraction of sp³-hybridized carbons (Fsp3) is 0.300. The van der Waals surface area contributed by atoms with Crippen LogP contribution in [0.15, 0.2) is 33.9 Å². The second-order valence-electron chi connectivity index (χ2n) is 3.16. The van der Waals surface area contributed by atoms with E-state index >= 15 is 0 Å². The lowest BCUT2D eigenvalue weighted by Crippen LogP contribution is -2.12. The van der Waals surface area contributed by atoms with Gasteiger partial charge in [0.05, 0.1) is 12.3 Å². The number of rotatable bonds is 2. The van der Waals surface area contributed by atoms with Gasteiger partial charge in [0.1, 0.15) is 0 Å². The minimum Gasteiger partial charge on any atom is -0.392 e. The molecule has 0 fully saturated rings. The fourth-order valence-electron chi connectivity index (χ4n) is 1.34. The van der Waals surface area contributed by atoms with Gasteiger partial charge in [-0.15, -0.1) is 0 Å². The number of benzene rings is 1. The first kappa shape index (κ1) is 9.68. The highest BCUT2D eigenvalue weighted by Gasteiger charge is 2.20. The number of hydrogen-bond donors (Lipinski definition) is 1. The van der Waals surface area contributed by atoms with Gasteiger partial charge in [0.25, 0.3) is 0 Å². The molecule has 1 aliphatic heterocycles. The van der Waals surface area contributed by atoms with Gasteiger partial charge in [-0.2, -0.15) is 0 Å². The smallest absolute Gasteiger partial charge is 0.156 e. The topological polar surface area (TPSA) is 41.8 Å². The Balaban J connectivity index is 2.13. The molecule has 14 heavy (non-hydrogen) atoms. The van der Waals surface area contributed by atoms with Crippen molar-refractivity contribution in [3.8, 4) is 0 Å². The molecule has 0 aliphatic carbocycles. The zero-order valence-electron chi connectivity index (χ0n) is 7.48. The van der Waals surface area contributed by atoms with Crippen molar-refractivity contribution in [3.63, 3.8) is 0 Å². The zero-order valence-corrected chi connectivity index (χ0v) is 9.07. The molecule has 0 saturated heterocycles. The number of aliphatic hydroxyl groups is 1. The molecule has 74 valence electrons. The summed E-state index contributed by atoms with van der Waals surface area (Å²) in [6, 6.07) is 7.88. The van der Waals surface area contributed by atoms with Crippen LogP contribution >= 0.6 is 15.9 Å². The number of nitrogens with zero attached hydrogens (tertiary/aromatic N) is 1. The van der Waals surface area contributed by atoms with Gasteiger partial charge in [0, 0.05) is 10.9 Å². The van der Waals surface area contributed by atoms with Gasteiger partial charge in [0.15, 0.2) is 6.10 Å². The van der Waals surface area contributed by atoms with E-state index in [2.05, 4.69) is 21.1 Å². The van der Waals surface area contributed by atoms with Crippen LogP contribution < -0.4 is 0 Å². The van der Waals surface area contributed by atoms with E-state index in [9.17, 15) is 0 Å². The summed E-state index contributed by atoms with van der Waals surface area (Å²) >= 11 is 3.37. The molecule has 0 amide bonds. The maximum absolute atomic E-state index is 8.87.